The second kappa shape index (κ2) is 7.40. The minimum absolute atomic E-state index is 0.0265. The SMILES string of the molecule is O=C(CCc1cc2cc3c(cc2[nH]c1=O)OCCO3)NC1CCCCC1. The highest BCUT2D eigenvalue weighted by Gasteiger charge is 2.17. The number of rotatable bonds is 4. The van der Waals surface area contributed by atoms with Crippen LogP contribution in [-0.2, 0) is 11.2 Å². The molecule has 2 aliphatic rings. The van der Waals surface area contributed by atoms with Gasteiger partial charge in [-0.15, -0.1) is 0 Å². The van der Waals surface area contributed by atoms with E-state index in [-0.39, 0.29) is 11.5 Å². The van der Waals surface area contributed by atoms with Gasteiger partial charge in [0.15, 0.2) is 11.5 Å². The summed E-state index contributed by atoms with van der Waals surface area (Å²) < 4.78 is 11.2. The summed E-state index contributed by atoms with van der Waals surface area (Å²) in [6.07, 6.45) is 6.52. The molecule has 0 unspecified atom stereocenters. The number of hydrogen-bond donors (Lipinski definition) is 2. The largest absolute Gasteiger partial charge is 0.486 e. The van der Waals surface area contributed by atoms with Gasteiger partial charge in [0.05, 0.1) is 5.52 Å². The maximum atomic E-state index is 12.3. The Bertz CT molecular complexity index is 868. The van der Waals surface area contributed by atoms with Crippen LogP contribution in [-0.4, -0.2) is 30.1 Å². The number of aromatic nitrogens is 1. The lowest BCUT2D eigenvalue weighted by atomic mass is 9.95. The van der Waals surface area contributed by atoms with Crippen molar-refractivity contribution in [2.75, 3.05) is 13.2 Å². The van der Waals surface area contributed by atoms with Crippen LogP contribution in [0.25, 0.3) is 10.9 Å². The molecule has 2 heterocycles. The van der Waals surface area contributed by atoms with Crippen LogP contribution in [0.4, 0.5) is 0 Å². The van der Waals surface area contributed by atoms with Gasteiger partial charge in [0.1, 0.15) is 13.2 Å². The third-order valence-electron chi connectivity index (χ3n) is 5.18. The quantitative estimate of drug-likeness (QED) is 0.883. The van der Waals surface area contributed by atoms with E-state index in [1.165, 1.54) is 19.3 Å². The summed E-state index contributed by atoms with van der Waals surface area (Å²) in [5.41, 5.74) is 1.18. The minimum Gasteiger partial charge on any atom is -0.486 e. The number of aryl methyl sites for hydroxylation is 1. The molecule has 0 atom stereocenters. The van der Waals surface area contributed by atoms with Crippen molar-refractivity contribution in [2.45, 2.75) is 51.0 Å². The Morgan fingerprint density at radius 1 is 1.08 bits per heavy atom. The van der Waals surface area contributed by atoms with Gasteiger partial charge in [0.25, 0.3) is 5.56 Å². The smallest absolute Gasteiger partial charge is 0.251 e. The number of aromatic amines is 1. The number of benzene rings is 1. The average Bonchev–Trinajstić information content (AvgIpc) is 2.65. The van der Waals surface area contributed by atoms with Crippen molar-refractivity contribution in [3.05, 3.63) is 34.1 Å². The number of ether oxygens (including phenoxy) is 2. The van der Waals surface area contributed by atoms with Gasteiger partial charge in [-0.3, -0.25) is 9.59 Å². The molecule has 2 aromatic rings. The van der Waals surface area contributed by atoms with Gasteiger partial charge in [0, 0.05) is 29.5 Å². The third-order valence-corrected chi connectivity index (χ3v) is 5.18. The Morgan fingerprint density at radius 3 is 2.58 bits per heavy atom. The monoisotopic (exact) mass is 356 g/mol. The first-order valence-electron chi connectivity index (χ1n) is 9.44. The molecular weight excluding hydrogens is 332 g/mol. The summed E-state index contributed by atoms with van der Waals surface area (Å²) in [5, 5.41) is 3.98. The van der Waals surface area contributed by atoms with Gasteiger partial charge in [-0.25, -0.2) is 0 Å². The van der Waals surface area contributed by atoms with Crippen LogP contribution in [0, 0.1) is 0 Å². The molecule has 2 N–H and O–H groups in total. The van der Waals surface area contributed by atoms with Gasteiger partial charge in [-0.2, -0.15) is 0 Å². The molecule has 6 heteroatoms. The Hall–Kier alpha value is -2.50. The van der Waals surface area contributed by atoms with E-state index in [1.807, 2.05) is 12.1 Å². The summed E-state index contributed by atoms with van der Waals surface area (Å²) in [4.78, 5) is 27.4. The van der Waals surface area contributed by atoms with Gasteiger partial charge in [-0.1, -0.05) is 19.3 Å². The fourth-order valence-corrected chi connectivity index (χ4v) is 3.77. The highest BCUT2D eigenvalue weighted by molar-refractivity contribution is 5.83. The topological polar surface area (TPSA) is 80.4 Å². The summed E-state index contributed by atoms with van der Waals surface area (Å²) in [5.74, 6) is 1.37. The van der Waals surface area contributed by atoms with Gasteiger partial charge in [0.2, 0.25) is 5.91 Å². The van der Waals surface area contributed by atoms with Crippen molar-refractivity contribution < 1.29 is 14.3 Å². The number of H-pyrrole nitrogens is 1. The van der Waals surface area contributed by atoms with E-state index in [1.54, 1.807) is 6.07 Å². The van der Waals surface area contributed by atoms with E-state index in [4.69, 9.17) is 9.47 Å². The highest BCUT2D eigenvalue weighted by Crippen LogP contribution is 2.33. The zero-order valence-electron chi connectivity index (χ0n) is 14.8. The number of carbonyl (C=O) groups is 1. The zero-order valence-corrected chi connectivity index (χ0v) is 14.8. The lowest BCUT2D eigenvalue weighted by Gasteiger charge is -2.22. The van der Waals surface area contributed by atoms with E-state index in [0.29, 0.717) is 49.2 Å². The predicted molar refractivity (Wildman–Crippen MR) is 98.9 cm³/mol. The number of hydrogen-bond acceptors (Lipinski definition) is 4. The van der Waals surface area contributed by atoms with Crippen LogP contribution in [0.5, 0.6) is 11.5 Å². The molecule has 0 saturated heterocycles. The van der Waals surface area contributed by atoms with E-state index in [2.05, 4.69) is 10.3 Å². The zero-order chi connectivity index (χ0) is 17.9. The molecule has 4 rings (SSSR count). The Balaban J connectivity index is 1.46. The van der Waals surface area contributed by atoms with Crippen molar-refractivity contribution in [3.8, 4) is 11.5 Å². The molecule has 0 bridgehead atoms. The van der Waals surface area contributed by atoms with Crippen LogP contribution in [0.3, 0.4) is 0 Å². The summed E-state index contributed by atoms with van der Waals surface area (Å²) in [6.45, 7) is 1.03. The molecule has 6 nitrogen and oxygen atoms in total. The van der Waals surface area contributed by atoms with E-state index in [9.17, 15) is 9.59 Å². The first-order chi connectivity index (χ1) is 12.7. The molecule has 1 aliphatic heterocycles. The molecule has 1 aromatic heterocycles. The van der Waals surface area contributed by atoms with Crippen LogP contribution in [0.2, 0.25) is 0 Å². The fraction of sp³-hybridized carbons (Fsp3) is 0.500. The number of fused-ring (bicyclic) bond motifs is 2. The molecule has 1 amide bonds. The molecule has 138 valence electrons. The first-order valence-corrected chi connectivity index (χ1v) is 9.44. The number of carbonyl (C=O) groups excluding carboxylic acids is 1. The number of pyridine rings is 1. The third kappa shape index (κ3) is 3.69. The van der Waals surface area contributed by atoms with Crippen LogP contribution in [0.1, 0.15) is 44.1 Å². The highest BCUT2D eigenvalue weighted by atomic mass is 16.6. The minimum atomic E-state index is -0.153. The Labute approximate surface area is 151 Å². The van der Waals surface area contributed by atoms with Crippen molar-refractivity contribution in [2.24, 2.45) is 0 Å². The molecule has 1 aliphatic carbocycles. The maximum absolute atomic E-state index is 12.3. The first kappa shape index (κ1) is 16.9. The normalized spacial score (nSPS) is 17.2. The fourth-order valence-electron chi connectivity index (χ4n) is 3.77. The number of nitrogens with one attached hydrogen (secondary N) is 2. The second-order valence-corrected chi connectivity index (χ2v) is 7.11. The van der Waals surface area contributed by atoms with Crippen molar-refractivity contribution >= 4 is 16.8 Å². The van der Waals surface area contributed by atoms with Crippen LogP contribution < -0.4 is 20.3 Å². The van der Waals surface area contributed by atoms with Crippen molar-refractivity contribution in [3.63, 3.8) is 0 Å². The molecular formula is C20H24N2O4. The Morgan fingerprint density at radius 2 is 1.81 bits per heavy atom. The molecule has 1 fully saturated rings. The van der Waals surface area contributed by atoms with Gasteiger partial charge >= 0.3 is 0 Å². The van der Waals surface area contributed by atoms with Crippen LogP contribution >= 0.6 is 0 Å². The van der Waals surface area contributed by atoms with E-state index >= 15 is 0 Å². The molecule has 0 radical (unpaired) electrons. The molecule has 1 aromatic carbocycles. The van der Waals surface area contributed by atoms with Gasteiger partial charge in [-0.05, 0) is 31.4 Å². The van der Waals surface area contributed by atoms with E-state index < -0.39 is 0 Å². The molecule has 1 saturated carbocycles. The number of amides is 1. The summed E-state index contributed by atoms with van der Waals surface area (Å²) in [7, 11) is 0. The maximum Gasteiger partial charge on any atom is 0.251 e. The molecule has 0 spiro atoms. The summed E-state index contributed by atoms with van der Waals surface area (Å²) >= 11 is 0. The van der Waals surface area contributed by atoms with Crippen molar-refractivity contribution in [1.29, 1.82) is 0 Å². The van der Waals surface area contributed by atoms with Crippen LogP contribution in [0.15, 0.2) is 23.0 Å². The predicted octanol–water partition coefficient (Wildman–Crippen LogP) is 2.68. The van der Waals surface area contributed by atoms with Gasteiger partial charge < -0.3 is 19.8 Å². The lowest BCUT2D eigenvalue weighted by molar-refractivity contribution is -0.121. The average molecular weight is 356 g/mol. The standard InChI is InChI=1S/C20H24N2O4/c23-19(21-15-4-2-1-3-5-15)7-6-13-10-14-11-17-18(26-9-8-25-17)12-16(14)22-20(13)24/h10-12,15H,1-9H2,(H,21,23)(H,22,24). The van der Waals surface area contributed by atoms with E-state index in [0.717, 1.165) is 23.7 Å². The second-order valence-electron chi connectivity index (χ2n) is 7.11. The van der Waals surface area contributed by atoms with Crippen molar-refractivity contribution in [1.82, 2.24) is 10.3 Å². The lowest BCUT2D eigenvalue weighted by Crippen LogP contribution is -2.36. The Kier molecular flexibility index (Phi) is 4.82. The molecule has 26 heavy (non-hydrogen) atoms. The summed E-state index contributed by atoms with van der Waals surface area (Å²) in [6, 6.07) is 5.83.